The Morgan fingerprint density at radius 3 is 2.69 bits per heavy atom. The van der Waals surface area contributed by atoms with Crippen LogP contribution in [-0.4, -0.2) is 22.4 Å². The molecule has 3 unspecified atom stereocenters. The van der Waals surface area contributed by atoms with Crippen molar-refractivity contribution in [2.45, 2.75) is 24.8 Å². The molecule has 29 heavy (non-hydrogen) atoms. The summed E-state index contributed by atoms with van der Waals surface area (Å²) < 4.78 is 5.56. The highest BCUT2D eigenvalue weighted by atomic mass is 35.5. The van der Waals surface area contributed by atoms with Crippen molar-refractivity contribution in [3.8, 4) is 5.75 Å². The lowest BCUT2D eigenvalue weighted by molar-refractivity contribution is 0.0878. The molecule has 1 aromatic carbocycles. The van der Waals surface area contributed by atoms with E-state index in [2.05, 4.69) is 15.3 Å². The number of Topliss-reactive ketones (excluding diaryl/α,β-unsaturated/α-hetero) is 1. The molecule has 0 bridgehead atoms. The van der Waals surface area contributed by atoms with E-state index >= 15 is 0 Å². The van der Waals surface area contributed by atoms with Gasteiger partial charge in [-0.3, -0.25) is 14.8 Å². The first-order chi connectivity index (χ1) is 14.2. The van der Waals surface area contributed by atoms with E-state index in [0.29, 0.717) is 18.7 Å². The number of nitrogens with one attached hydrogen (secondary N) is 1. The Balaban J connectivity index is 1.71. The highest BCUT2D eigenvalue weighted by Gasteiger charge is 2.39. The fraction of sp³-hybridized carbons (Fsp3) is 0.261. The second kappa shape index (κ2) is 8.62. The molecule has 0 amide bonds. The summed E-state index contributed by atoms with van der Waals surface area (Å²) in [6, 6.07) is 15.1. The van der Waals surface area contributed by atoms with Gasteiger partial charge in [0.15, 0.2) is 5.78 Å². The molecular weight excluding hydrogens is 386 g/mol. The van der Waals surface area contributed by atoms with Crippen molar-refractivity contribution < 1.29 is 9.53 Å². The number of alkyl halides is 1. The van der Waals surface area contributed by atoms with Gasteiger partial charge in [0, 0.05) is 18.6 Å². The van der Waals surface area contributed by atoms with E-state index in [1.165, 1.54) is 0 Å². The lowest BCUT2D eigenvalue weighted by Crippen LogP contribution is -2.33. The van der Waals surface area contributed by atoms with Gasteiger partial charge in [-0.05, 0) is 54.8 Å². The van der Waals surface area contributed by atoms with Crippen LogP contribution in [0.4, 0.5) is 5.69 Å². The molecule has 0 saturated carbocycles. The lowest BCUT2D eigenvalue weighted by Gasteiger charge is -2.33. The molecule has 4 rings (SSSR count). The molecule has 1 N–H and O–H groups in total. The van der Waals surface area contributed by atoms with Crippen LogP contribution in [0, 0.1) is 5.92 Å². The predicted octanol–water partition coefficient (Wildman–Crippen LogP) is 5.21. The van der Waals surface area contributed by atoms with Gasteiger partial charge in [-0.2, -0.15) is 0 Å². The number of benzene rings is 1. The zero-order chi connectivity index (χ0) is 20.2. The molecule has 2 aromatic heterocycles. The van der Waals surface area contributed by atoms with E-state index in [1.54, 1.807) is 18.6 Å². The summed E-state index contributed by atoms with van der Waals surface area (Å²) in [4.78, 5) is 21.8. The maximum atomic E-state index is 13.3. The third-order valence-electron chi connectivity index (χ3n) is 5.14. The average Bonchev–Trinajstić information content (AvgIpc) is 2.76. The molecule has 0 spiro atoms. The minimum absolute atomic E-state index is 0.00720. The van der Waals surface area contributed by atoms with Gasteiger partial charge in [0.2, 0.25) is 0 Å². The minimum atomic E-state index is -0.349. The van der Waals surface area contributed by atoms with Crippen LogP contribution in [0.2, 0.25) is 0 Å². The minimum Gasteiger partial charge on any atom is -0.494 e. The third-order valence-corrected chi connectivity index (χ3v) is 5.56. The van der Waals surface area contributed by atoms with Gasteiger partial charge in [-0.1, -0.05) is 18.2 Å². The standard InChI is InChI=1S/C23H22ClN3O2/c1-2-29-17-9-7-15(8-10-17)21(27-16-5-3-11-25-14-16)19-13-20(24)18-6-4-12-26-22(18)23(19)28/h3-12,14,19-21,27H,2,13H2,1H3. The van der Waals surface area contributed by atoms with Gasteiger partial charge < -0.3 is 10.1 Å². The van der Waals surface area contributed by atoms with Gasteiger partial charge in [-0.15, -0.1) is 11.6 Å². The highest BCUT2D eigenvalue weighted by molar-refractivity contribution is 6.22. The quantitative estimate of drug-likeness (QED) is 0.568. The fourth-order valence-electron chi connectivity index (χ4n) is 3.78. The van der Waals surface area contributed by atoms with Gasteiger partial charge in [0.05, 0.1) is 29.6 Å². The number of nitrogens with zero attached hydrogens (tertiary/aromatic N) is 2. The fourth-order valence-corrected chi connectivity index (χ4v) is 4.15. The van der Waals surface area contributed by atoms with Crippen LogP contribution in [0.25, 0.3) is 0 Å². The van der Waals surface area contributed by atoms with Crippen LogP contribution in [0.3, 0.4) is 0 Å². The first kappa shape index (κ1) is 19.4. The molecule has 3 atom stereocenters. The van der Waals surface area contributed by atoms with E-state index < -0.39 is 0 Å². The highest BCUT2D eigenvalue weighted by Crippen LogP contribution is 2.42. The third kappa shape index (κ3) is 4.10. The number of hydrogen-bond acceptors (Lipinski definition) is 5. The predicted molar refractivity (Wildman–Crippen MR) is 113 cm³/mol. The van der Waals surface area contributed by atoms with Gasteiger partial charge in [-0.25, -0.2) is 0 Å². The Morgan fingerprint density at radius 2 is 1.97 bits per heavy atom. The second-order valence-corrected chi connectivity index (χ2v) is 7.51. The number of ketones is 1. The van der Waals surface area contributed by atoms with Crippen LogP contribution in [0.1, 0.15) is 46.4 Å². The molecule has 5 nitrogen and oxygen atoms in total. The number of fused-ring (bicyclic) bond motifs is 1. The average molecular weight is 408 g/mol. The summed E-state index contributed by atoms with van der Waals surface area (Å²) in [6.07, 6.45) is 5.64. The van der Waals surface area contributed by atoms with Crippen molar-refractivity contribution in [1.29, 1.82) is 0 Å². The molecule has 0 fully saturated rings. The second-order valence-electron chi connectivity index (χ2n) is 6.98. The molecule has 148 valence electrons. The first-order valence-corrected chi connectivity index (χ1v) is 10.1. The summed E-state index contributed by atoms with van der Waals surface area (Å²) in [5.41, 5.74) is 3.10. The Morgan fingerprint density at radius 1 is 1.17 bits per heavy atom. The molecule has 6 heteroatoms. The summed E-state index contributed by atoms with van der Waals surface area (Å²) in [5, 5.41) is 3.23. The molecule has 0 aliphatic heterocycles. The summed E-state index contributed by atoms with van der Waals surface area (Å²) >= 11 is 6.66. The van der Waals surface area contributed by atoms with E-state index in [4.69, 9.17) is 16.3 Å². The number of aromatic nitrogens is 2. The van der Waals surface area contributed by atoms with Crippen molar-refractivity contribution in [2.75, 3.05) is 11.9 Å². The first-order valence-electron chi connectivity index (χ1n) is 9.70. The van der Waals surface area contributed by atoms with E-state index in [0.717, 1.165) is 22.6 Å². The zero-order valence-corrected chi connectivity index (χ0v) is 16.8. The van der Waals surface area contributed by atoms with Crippen LogP contribution >= 0.6 is 11.6 Å². The Kier molecular flexibility index (Phi) is 5.76. The van der Waals surface area contributed by atoms with Crippen molar-refractivity contribution in [2.24, 2.45) is 5.92 Å². The van der Waals surface area contributed by atoms with E-state index in [9.17, 15) is 4.79 Å². The number of halogens is 1. The molecule has 2 heterocycles. The van der Waals surface area contributed by atoms with Crippen molar-refractivity contribution in [3.63, 3.8) is 0 Å². The topological polar surface area (TPSA) is 64.1 Å². The molecule has 0 radical (unpaired) electrons. The Bertz CT molecular complexity index is 979. The number of carbonyl (C=O) groups is 1. The molecule has 3 aromatic rings. The molecule has 1 aliphatic rings. The van der Waals surface area contributed by atoms with Crippen LogP contribution in [0.15, 0.2) is 67.1 Å². The Hall–Kier alpha value is -2.92. The maximum absolute atomic E-state index is 13.3. The summed E-state index contributed by atoms with van der Waals surface area (Å²) in [7, 11) is 0. The maximum Gasteiger partial charge on any atom is 0.187 e. The lowest BCUT2D eigenvalue weighted by atomic mass is 9.78. The SMILES string of the molecule is CCOc1ccc(C(Nc2cccnc2)C2CC(Cl)c3cccnc3C2=O)cc1. The normalized spacial score (nSPS) is 19.3. The van der Waals surface area contributed by atoms with E-state index in [1.807, 2.05) is 55.5 Å². The Labute approximate surface area is 175 Å². The van der Waals surface area contributed by atoms with Gasteiger partial charge in [0.1, 0.15) is 11.4 Å². The summed E-state index contributed by atoms with van der Waals surface area (Å²) in [5.74, 6) is 0.458. The zero-order valence-electron chi connectivity index (χ0n) is 16.1. The van der Waals surface area contributed by atoms with Crippen LogP contribution < -0.4 is 10.1 Å². The monoisotopic (exact) mass is 407 g/mol. The number of ether oxygens (including phenoxy) is 1. The van der Waals surface area contributed by atoms with Gasteiger partial charge >= 0.3 is 0 Å². The largest absolute Gasteiger partial charge is 0.494 e. The van der Waals surface area contributed by atoms with Crippen molar-refractivity contribution in [1.82, 2.24) is 9.97 Å². The van der Waals surface area contributed by atoms with Crippen molar-refractivity contribution >= 4 is 23.1 Å². The number of anilines is 1. The van der Waals surface area contributed by atoms with Crippen LogP contribution in [-0.2, 0) is 0 Å². The number of rotatable bonds is 6. The molecular formula is C23H22ClN3O2. The number of pyridine rings is 2. The summed E-state index contributed by atoms with van der Waals surface area (Å²) in [6.45, 7) is 2.56. The van der Waals surface area contributed by atoms with Crippen molar-refractivity contribution in [3.05, 3.63) is 83.9 Å². The number of hydrogen-bond donors (Lipinski definition) is 1. The smallest absolute Gasteiger partial charge is 0.187 e. The number of carbonyl (C=O) groups excluding carboxylic acids is 1. The van der Waals surface area contributed by atoms with Crippen LogP contribution in [0.5, 0.6) is 5.75 Å². The van der Waals surface area contributed by atoms with Gasteiger partial charge in [0.25, 0.3) is 0 Å². The van der Waals surface area contributed by atoms with E-state index in [-0.39, 0.29) is 23.1 Å². The molecule has 0 saturated heterocycles. The molecule has 1 aliphatic carbocycles.